The van der Waals surface area contributed by atoms with Gasteiger partial charge in [0.15, 0.2) is 0 Å². The molecule has 122 valence electrons. The molecular weight excluding hydrogens is 316 g/mol. The monoisotopic (exact) mass is 330 g/mol. The number of benzene rings is 3. The van der Waals surface area contributed by atoms with E-state index in [0.717, 1.165) is 17.1 Å². The van der Waals surface area contributed by atoms with Gasteiger partial charge in [-0.1, -0.05) is 24.3 Å². The lowest BCUT2D eigenvalue weighted by atomic mass is 10.1. The van der Waals surface area contributed by atoms with E-state index in [4.69, 9.17) is 0 Å². The Balaban J connectivity index is 1.83. The average molecular weight is 330 g/mol. The van der Waals surface area contributed by atoms with Crippen molar-refractivity contribution in [2.24, 2.45) is 0 Å². The number of hydrogen-bond donors (Lipinski definition) is 2. The highest BCUT2D eigenvalue weighted by atomic mass is 16.6. The van der Waals surface area contributed by atoms with E-state index < -0.39 is 4.92 Å². The molecule has 0 aliphatic rings. The Bertz CT molecular complexity index is 949. The molecule has 0 bridgehead atoms. The standard InChI is InChI=1S/C19H14N4O2/c20-13-14-11-18(23(24)25)9-10-19(14)22-17-8-4-7-16(12-17)21-15-5-2-1-3-6-15/h1-12,21-22H. The third-order valence-corrected chi connectivity index (χ3v) is 3.54. The molecule has 0 atom stereocenters. The number of anilines is 4. The molecule has 0 aliphatic carbocycles. The van der Waals surface area contributed by atoms with Crippen molar-refractivity contribution >= 4 is 28.4 Å². The predicted octanol–water partition coefficient (Wildman–Crippen LogP) is 4.95. The molecular formula is C19H14N4O2. The number of non-ortho nitro benzene ring substituents is 1. The van der Waals surface area contributed by atoms with Crippen molar-refractivity contribution in [3.05, 3.63) is 88.5 Å². The van der Waals surface area contributed by atoms with Gasteiger partial charge in [-0.3, -0.25) is 10.1 Å². The second-order valence-electron chi connectivity index (χ2n) is 5.30. The van der Waals surface area contributed by atoms with Gasteiger partial charge in [0, 0.05) is 29.2 Å². The molecule has 3 aromatic rings. The second kappa shape index (κ2) is 7.15. The van der Waals surface area contributed by atoms with Crippen molar-refractivity contribution in [1.82, 2.24) is 0 Å². The van der Waals surface area contributed by atoms with Crippen LogP contribution in [0.3, 0.4) is 0 Å². The fourth-order valence-electron chi connectivity index (χ4n) is 2.37. The van der Waals surface area contributed by atoms with E-state index in [-0.39, 0.29) is 11.3 Å². The van der Waals surface area contributed by atoms with Gasteiger partial charge in [0.25, 0.3) is 5.69 Å². The minimum atomic E-state index is -0.519. The molecule has 0 radical (unpaired) electrons. The lowest BCUT2D eigenvalue weighted by molar-refractivity contribution is -0.384. The first-order chi connectivity index (χ1) is 12.2. The van der Waals surface area contributed by atoms with Crippen molar-refractivity contribution in [2.75, 3.05) is 10.6 Å². The molecule has 3 aromatic carbocycles. The summed E-state index contributed by atoms with van der Waals surface area (Å²) in [5.41, 5.74) is 3.25. The van der Waals surface area contributed by atoms with Crippen molar-refractivity contribution in [3.63, 3.8) is 0 Å². The van der Waals surface area contributed by atoms with Gasteiger partial charge in [0.2, 0.25) is 0 Å². The summed E-state index contributed by atoms with van der Waals surface area (Å²) >= 11 is 0. The SMILES string of the molecule is N#Cc1cc([N+](=O)[O-])ccc1Nc1cccc(Nc2ccccc2)c1. The topological polar surface area (TPSA) is 91.0 Å². The molecule has 0 fully saturated rings. The van der Waals surface area contributed by atoms with Gasteiger partial charge in [0.05, 0.1) is 16.2 Å². The van der Waals surface area contributed by atoms with Crippen LogP contribution in [0.15, 0.2) is 72.8 Å². The number of nitriles is 1. The third-order valence-electron chi connectivity index (χ3n) is 3.54. The number of hydrogen-bond acceptors (Lipinski definition) is 5. The molecule has 6 nitrogen and oxygen atoms in total. The minimum Gasteiger partial charge on any atom is -0.355 e. The highest BCUT2D eigenvalue weighted by molar-refractivity contribution is 5.72. The van der Waals surface area contributed by atoms with E-state index in [2.05, 4.69) is 10.6 Å². The first-order valence-corrected chi connectivity index (χ1v) is 7.53. The Labute approximate surface area is 144 Å². The van der Waals surface area contributed by atoms with Crippen LogP contribution in [0.25, 0.3) is 0 Å². The van der Waals surface area contributed by atoms with Crippen LogP contribution in [0.5, 0.6) is 0 Å². The van der Waals surface area contributed by atoms with Gasteiger partial charge in [-0.15, -0.1) is 0 Å². The van der Waals surface area contributed by atoms with Gasteiger partial charge < -0.3 is 10.6 Å². The first kappa shape index (κ1) is 16.0. The summed E-state index contributed by atoms with van der Waals surface area (Å²) in [5, 5.41) is 26.5. The van der Waals surface area contributed by atoms with Crippen molar-refractivity contribution in [1.29, 1.82) is 5.26 Å². The molecule has 0 amide bonds. The molecule has 3 rings (SSSR count). The van der Waals surface area contributed by atoms with Crippen LogP contribution in [0.2, 0.25) is 0 Å². The zero-order valence-electron chi connectivity index (χ0n) is 13.1. The normalized spacial score (nSPS) is 9.88. The fourth-order valence-corrected chi connectivity index (χ4v) is 2.37. The quantitative estimate of drug-likeness (QED) is 0.510. The van der Waals surface area contributed by atoms with Crippen LogP contribution in [0, 0.1) is 21.4 Å². The Hall–Kier alpha value is -3.85. The number of nitro groups is 1. The van der Waals surface area contributed by atoms with Crippen LogP contribution in [-0.2, 0) is 0 Å². The molecule has 25 heavy (non-hydrogen) atoms. The summed E-state index contributed by atoms with van der Waals surface area (Å²) in [7, 11) is 0. The van der Waals surface area contributed by atoms with Gasteiger partial charge in [-0.25, -0.2) is 0 Å². The summed E-state index contributed by atoms with van der Waals surface area (Å²) in [6.45, 7) is 0. The van der Waals surface area contributed by atoms with Crippen molar-refractivity contribution in [2.45, 2.75) is 0 Å². The van der Waals surface area contributed by atoms with Crippen LogP contribution in [-0.4, -0.2) is 4.92 Å². The van der Waals surface area contributed by atoms with E-state index in [1.165, 1.54) is 18.2 Å². The molecule has 0 unspecified atom stereocenters. The van der Waals surface area contributed by atoms with Gasteiger partial charge in [-0.05, 0) is 36.4 Å². The molecule has 0 aliphatic heterocycles. The Morgan fingerprint density at radius 2 is 1.52 bits per heavy atom. The molecule has 0 saturated heterocycles. The van der Waals surface area contributed by atoms with E-state index in [1.54, 1.807) is 0 Å². The minimum absolute atomic E-state index is 0.110. The summed E-state index contributed by atoms with van der Waals surface area (Å²) in [6, 6.07) is 23.5. The molecule has 0 aromatic heterocycles. The number of nitro benzene ring substituents is 1. The van der Waals surface area contributed by atoms with Crippen molar-refractivity contribution < 1.29 is 4.92 Å². The molecule has 0 spiro atoms. The fraction of sp³-hybridized carbons (Fsp3) is 0. The summed E-state index contributed by atoms with van der Waals surface area (Å²) < 4.78 is 0. The van der Waals surface area contributed by atoms with Gasteiger partial charge in [0.1, 0.15) is 6.07 Å². The Morgan fingerprint density at radius 3 is 2.20 bits per heavy atom. The maximum Gasteiger partial charge on any atom is 0.270 e. The summed E-state index contributed by atoms with van der Waals surface area (Å²) in [4.78, 5) is 10.3. The second-order valence-corrected chi connectivity index (χ2v) is 5.30. The summed E-state index contributed by atoms with van der Waals surface area (Å²) in [5.74, 6) is 0. The number of nitrogens with zero attached hydrogens (tertiary/aromatic N) is 2. The van der Waals surface area contributed by atoms with Crippen molar-refractivity contribution in [3.8, 4) is 6.07 Å². The lowest BCUT2D eigenvalue weighted by Crippen LogP contribution is -1.97. The Morgan fingerprint density at radius 1 is 0.840 bits per heavy atom. The highest BCUT2D eigenvalue weighted by Gasteiger charge is 2.11. The molecule has 2 N–H and O–H groups in total. The van der Waals surface area contributed by atoms with Crippen LogP contribution >= 0.6 is 0 Å². The van der Waals surface area contributed by atoms with Crippen LogP contribution in [0.4, 0.5) is 28.4 Å². The summed E-state index contributed by atoms with van der Waals surface area (Å²) in [6.07, 6.45) is 0. The van der Waals surface area contributed by atoms with E-state index in [9.17, 15) is 15.4 Å². The van der Waals surface area contributed by atoms with E-state index >= 15 is 0 Å². The maximum atomic E-state index is 10.8. The van der Waals surface area contributed by atoms with Crippen LogP contribution < -0.4 is 10.6 Å². The Kier molecular flexibility index (Phi) is 4.58. The number of nitrogens with one attached hydrogen (secondary N) is 2. The van der Waals surface area contributed by atoms with E-state index in [1.807, 2.05) is 60.7 Å². The predicted molar refractivity (Wildman–Crippen MR) is 97.3 cm³/mol. The molecule has 0 heterocycles. The van der Waals surface area contributed by atoms with E-state index in [0.29, 0.717) is 5.69 Å². The highest BCUT2D eigenvalue weighted by Crippen LogP contribution is 2.27. The van der Waals surface area contributed by atoms with Gasteiger partial charge in [-0.2, -0.15) is 5.26 Å². The largest absolute Gasteiger partial charge is 0.355 e. The van der Waals surface area contributed by atoms with Crippen LogP contribution in [0.1, 0.15) is 5.56 Å². The zero-order valence-corrected chi connectivity index (χ0v) is 13.1. The maximum absolute atomic E-state index is 10.8. The zero-order chi connectivity index (χ0) is 17.6. The third kappa shape index (κ3) is 3.92. The lowest BCUT2D eigenvalue weighted by Gasteiger charge is -2.11. The average Bonchev–Trinajstić information content (AvgIpc) is 2.63. The molecule has 6 heteroatoms. The number of para-hydroxylation sites is 1. The molecule has 0 saturated carbocycles. The smallest absolute Gasteiger partial charge is 0.270 e. The van der Waals surface area contributed by atoms with Gasteiger partial charge >= 0.3 is 0 Å². The first-order valence-electron chi connectivity index (χ1n) is 7.53. The number of rotatable bonds is 5.